The van der Waals surface area contributed by atoms with Crippen molar-refractivity contribution in [2.75, 3.05) is 26.2 Å². The van der Waals surface area contributed by atoms with Crippen molar-refractivity contribution in [3.05, 3.63) is 37.4 Å². The Morgan fingerprint density at radius 1 is 1.33 bits per heavy atom. The number of carbonyl (C=O) groups excluding carboxylic acids is 1. The average Bonchev–Trinajstić information content (AvgIpc) is 2.98. The lowest BCUT2D eigenvalue weighted by atomic mass is 10.0. The van der Waals surface area contributed by atoms with Crippen molar-refractivity contribution in [3.8, 4) is 0 Å². The average molecular weight is 424 g/mol. The summed E-state index contributed by atoms with van der Waals surface area (Å²) in [6.07, 6.45) is 0. The second-order valence-corrected chi connectivity index (χ2v) is 6.47. The van der Waals surface area contributed by atoms with Crippen LogP contribution in [-0.4, -0.2) is 41.9 Å². The molecule has 0 saturated carbocycles. The molecule has 2 fully saturated rings. The Labute approximate surface area is 142 Å². The third kappa shape index (κ3) is 3.14. The van der Waals surface area contributed by atoms with Gasteiger partial charge >= 0.3 is 0 Å². The number of rotatable bonds is 2. The van der Waals surface area contributed by atoms with E-state index in [0.717, 1.165) is 26.2 Å². The van der Waals surface area contributed by atoms with Gasteiger partial charge in [-0.2, -0.15) is 0 Å². The van der Waals surface area contributed by atoms with E-state index in [2.05, 4.69) is 5.32 Å². The quantitative estimate of drug-likeness (QED) is 0.448. The van der Waals surface area contributed by atoms with Gasteiger partial charge in [0, 0.05) is 41.9 Å². The molecule has 2 heterocycles. The molecule has 1 amide bonds. The highest BCUT2D eigenvalue weighted by atomic mass is 127. The van der Waals surface area contributed by atoms with Crippen LogP contribution in [0.1, 0.15) is 10.4 Å². The highest BCUT2D eigenvalue weighted by molar-refractivity contribution is 14.1. The number of nitrogens with zero attached hydrogens (tertiary/aromatic N) is 2. The molecular formula is C13H15ClIN3O3. The normalized spacial score (nSPS) is 23.6. The summed E-state index contributed by atoms with van der Waals surface area (Å²) in [5.41, 5.74) is 0.581. The van der Waals surface area contributed by atoms with E-state index in [1.165, 1.54) is 12.1 Å². The first kappa shape index (κ1) is 16.4. The Hall–Kier alpha value is -0.930. The minimum Gasteiger partial charge on any atom is -0.338 e. The van der Waals surface area contributed by atoms with Crippen LogP contribution in [0.25, 0.3) is 0 Å². The largest absolute Gasteiger partial charge is 0.338 e. The molecule has 2 saturated heterocycles. The van der Waals surface area contributed by atoms with E-state index < -0.39 is 4.92 Å². The zero-order valence-electron chi connectivity index (χ0n) is 11.1. The molecule has 2 aliphatic rings. The van der Waals surface area contributed by atoms with Gasteiger partial charge in [0.2, 0.25) is 0 Å². The highest BCUT2D eigenvalue weighted by Crippen LogP contribution is 2.29. The van der Waals surface area contributed by atoms with Crippen LogP contribution in [0.5, 0.6) is 0 Å². The van der Waals surface area contributed by atoms with Crippen molar-refractivity contribution in [2.24, 2.45) is 11.8 Å². The van der Waals surface area contributed by atoms with Gasteiger partial charge in [-0.15, -0.1) is 12.4 Å². The van der Waals surface area contributed by atoms with Crippen LogP contribution in [-0.2, 0) is 0 Å². The maximum absolute atomic E-state index is 12.5. The Balaban J connectivity index is 0.00000161. The van der Waals surface area contributed by atoms with Crippen molar-refractivity contribution in [1.29, 1.82) is 0 Å². The Morgan fingerprint density at radius 3 is 2.48 bits per heavy atom. The van der Waals surface area contributed by atoms with Gasteiger partial charge < -0.3 is 10.2 Å². The summed E-state index contributed by atoms with van der Waals surface area (Å²) in [6.45, 7) is 3.52. The van der Waals surface area contributed by atoms with Gasteiger partial charge in [-0.3, -0.25) is 14.9 Å². The molecule has 0 spiro atoms. The van der Waals surface area contributed by atoms with Crippen LogP contribution < -0.4 is 5.32 Å². The van der Waals surface area contributed by atoms with E-state index in [0.29, 0.717) is 21.0 Å². The van der Waals surface area contributed by atoms with E-state index >= 15 is 0 Å². The standard InChI is InChI=1S/C13H14IN3O3.ClH/c14-12-3-10(17(19)20)1-2-11(12)13(18)16-6-8-4-15-5-9(8)7-16;/h1-3,8-9,15H,4-7H2;1H/t8-,9+;. The predicted octanol–water partition coefficient (Wildman–Crippen LogP) is 1.91. The smallest absolute Gasteiger partial charge is 0.270 e. The first-order valence-corrected chi connectivity index (χ1v) is 7.58. The predicted molar refractivity (Wildman–Crippen MR) is 88.8 cm³/mol. The van der Waals surface area contributed by atoms with Gasteiger partial charge in [-0.25, -0.2) is 0 Å². The number of fused-ring (bicyclic) bond motifs is 1. The molecule has 0 aromatic heterocycles. The second-order valence-electron chi connectivity index (χ2n) is 5.31. The van der Waals surface area contributed by atoms with Crippen molar-refractivity contribution in [1.82, 2.24) is 10.2 Å². The fraction of sp³-hybridized carbons (Fsp3) is 0.462. The third-order valence-corrected chi connectivity index (χ3v) is 4.96. The van der Waals surface area contributed by atoms with Gasteiger partial charge in [0.05, 0.1) is 10.5 Å². The summed E-state index contributed by atoms with van der Waals surface area (Å²) in [4.78, 5) is 24.7. The molecule has 2 atom stereocenters. The molecule has 1 aromatic carbocycles. The summed E-state index contributed by atoms with van der Waals surface area (Å²) >= 11 is 1.99. The highest BCUT2D eigenvalue weighted by Gasteiger charge is 2.38. The Bertz CT molecular complexity index is 572. The molecule has 2 aliphatic heterocycles. The molecule has 6 nitrogen and oxygen atoms in total. The Kier molecular flexibility index (Phi) is 5.05. The number of hydrogen-bond donors (Lipinski definition) is 1. The maximum atomic E-state index is 12.5. The summed E-state index contributed by atoms with van der Waals surface area (Å²) in [5, 5.41) is 14.1. The molecule has 3 rings (SSSR count). The minimum absolute atomic E-state index is 0. The summed E-state index contributed by atoms with van der Waals surface area (Å²) < 4.78 is 0.636. The number of nitro groups is 1. The first-order chi connectivity index (χ1) is 9.56. The van der Waals surface area contributed by atoms with E-state index in [4.69, 9.17) is 0 Å². The zero-order chi connectivity index (χ0) is 14.3. The van der Waals surface area contributed by atoms with E-state index in [1.807, 2.05) is 27.5 Å². The summed E-state index contributed by atoms with van der Waals surface area (Å²) in [6, 6.07) is 4.41. The number of nitrogens with one attached hydrogen (secondary N) is 1. The number of benzene rings is 1. The van der Waals surface area contributed by atoms with E-state index in [-0.39, 0.29) is 24.0 Å². The molecule has 8 heteroatoms. The molecule has 1 aromatic rings. The van der Waals surface area contributed by atoms with Crippen molar-refractivity contribution >= 4 is 46.6 Å². The SMILES string of the molecule is Cl.O=C(c1ccc([N+](=O)[O-])cc1I)N1C[C@H]2CNC[C@H]2C1. The van der Waals surface area contributed by atoms with Crippen molar-refractivity contribution in [3.63, 3.8) is 0 Å². The van der Waals surface area contributed by atoms with Crippen LogP contribution in [0.2, 0.25) is 0 Å². The monoisotopic (exact) mass is 423 g/mol. The van der Waals surface area contributed by atoms with E-state index in [1.54, 1.807) is 6.07 Å². The maximum Gasteiger partial charge on any atom is 0.270 e. The molecule has 0 radical (unpaired) electrons. The molecular weight excluding hydrogens is 409 g/mol. The Morgan fingerprint density at radius 2 is 1.95 bits per heavy atom. The fourth-order valence-electron chi connectivity index (χ4n) is 2.98. The number of nitro benzene ring substituents is 1. The third-order valence-electron chi connectivity index (χ3n) is 4.07. The molecule has 0 bridgehead atoms. The second kappa shape index (κ2) is 6.45. The first-order valence-electron chi connectivity index (χ1n) is 6.50. The van der Waals surface area contributed by atoms with Gasteiger partial charge in [-0.05, 0) is 40.5 Å². The van der Waals surface area contributed by atoms with Crippen molar-refractivity contribution in [2.45, 2.75) is 0 Å². The lowest BCUT2D eigenvalue weighted by molar-refractivity contribution is -0.384. The summed E-state index contributed by atoms with van der Waals surface area (Å²) in [7, 11) is 0. The van der Waals surface area contributed by atoms with Gasteiger partial charge in [0.1, 0.15) is 0 Å². The lowest BCUT2D eigenvalue weighted by Gasteiger charge is -2.18. The van der Waals surface area contributed by atoms with Crippen LogP contribution in [0, 0.1) is 25.5 Å². The minimum atomic E-state index is -0.442. The zero-order valence-corrected chi connectivity index (χ0v) is 14.1. The lowest BCUT2D eigenvalue weighted by Crippen LogP contribution is -2.32. The van der Waals surface area contributed by atoms with Crippen LogP contribution >= 0.6 is 35.0 Å². The summed E-state index contributed by atoms with van der Waals surface area (Å²) in [5.74, 6) is 1.09. The molecule has 1 N–H and O–H groups in total. The molecule has 114 valence electrons. The van der Waals surface area contributed by atoms with Crippen LogP contribution in [0.3, 0.4) is 0 Å². The molecule has 0 unspecified atom stereocenters. The number of halogens is 2. The van der Waals surface area contributed by atoms with Gasteiger partial charge in [0.15, 0.2) is 0 Å². The van der Waals surface area contributed by atoms with E-state index in [9.17, 15) is 14.9 Å². The molecule has 21 heavy (non-hydrogen) atoms. The van der Waals surface area contributed by atoms with Gasteiger partial charge in [-0.1, -0.05) is 0 Å². The number of hydrogen-bond acceptors (Lipinski definition) is 4. The van der Waals surface area contributed by atoms with Crippen LogP contribution in [0.4, 0.5) is 5.69 Å². The van der Waals surface area contributed by atoms with Gasteiger partial charge in [0.25, 0.3) is 11.6 Å². The fourth-order valence-corrected chi connectivity index (χ4v) is 3.71. The number of amides is 1. The van der Waals surface area contributed by atoms with Crippen molar-refractivity contribution < 1.29 is 9.72 Å². The topological polar surface area (TPSA) is 75.5 Å². The molecule has 0 aliphatic carbocycles. The number of likely N-dealkylation sites (tertiary alicyclic amines) is 1. The number of carbonyl (C=O) groups is 1. The number of non-ortho nitro benzene ring substituents is 1. The van der Waals surface area contributed by atoms with Crippen LogP contribution in [0.15, 0.2) is 18.2 Å².